The zero-order chi connectivity index (χ0) is 25.1. The van der Waals surface area contributed by atoms with Crippen molar-refractivity contribution >= 4 is 51.7 Å². The van der Waals surface area contributed by atoms with Gasteiger partial charge in [0.2, 0.25) is 11.2 Å². The zero-order valence-electron chi connectivity index (χ0n) is 18.7. The van der Waals surface area contributed by atoms with Crippen molar-refractivity contribution in [2.45, 2.75) is 6.92 Å². The molecule has 0 unspecified atom stereocenters. The lowest BCUT2D eigenvalue weighted by atomic mass is 10.1. The summed E-state index contributed by atoms with van der Waals surface area (Å²) in [6.45, 7) is 1.31. The lowest BCUT2D eigenvalue weighted by Crippen LogP contribution is -2.22. The highest BCUT2D eigenvalue weighted by Crippen LogP contribution is 2.36. The van der Waals surface area contributed by atoms with Crippen LogP contribution in [0.25, 0.3) is 22.3 Å². The summed E-state index contributed by atoms with van der Waals surface area (Å²) in [6, 6.07) is 16.1. The van der Waals surface area contributed by atoms with Crippen molar-refractivity contribution in [3.05, 3.63) is 92.1 Å². The summed E-state index contributed by atoms with van der Waals surface area (Å²) >= 11 is 12.6. The number of carbonyl (C=O) groups excluding carboxylic acids is 2. The third kappa shape index (κ3) is 5.16. The zero-order valence-corrected chi connectivity index (χ0v) is 20.2. The van der Waals surface area contributed by atoms with Crippen molar-refractivity contribution in [2.75, 3.05) is 19.0 Å². The number of ether oxygens (including phenoxy) is 2. The van der Waals surface area contributed by atoms with Crippen LogP contribution in [-0.2, 0) is 9.53 Å². The molecule has 0 atom stereocenters. The van der Waals surface area contributed by atoms with Crippen molar-refractivity contribution in [1.82, 2.24) is 0 Å². The van der Waals surface area contributed by atoms with E-state index in [1.165, 1.54) is 25.3 Å². The molecule has 0 bridgehead atoms. The number of hydrogen-bond donors (Lipinski definition) is 1. The topological polar surface area (TPSA) is 94.8 Å². The molecule has 7 nitrogen and oxygen atoms in total. The molecule has 0 fully saturated rings. The number of fused-ring (bicyclic) bond motifs is 1. The molecule has 4 rings (SSSR count). The number of aryl methyl sites for hydroxylation is 1. The molecule has 35 heavy (non-hydrogen) atoms. The van der Waals surface area contributed by atoms with Crippen molar-refractivity contribution in [3.8, 4) is 17.1 Å². The fourth-order valence-electron chi connectivity index (χ4n) is 3.39. The number of esters is 1. The number of halogens is 2. The molecule has 1 heterocycles. The monoisotopic (exact) mass is 511 g/mol. The number of rotatable bonds is 6. The molecule has 3 aromatic carbocycles. The lowest BCUT2D eigenvalue weighted by Gasteiger charge is -2.13. The van der Waals surface area contributed by atoms with Crippen molar-refractivity contribution in [3.63, 3.8) is 0 Å². The maximum Gasteiger partial charge on any atom is 0.337 e. The van der Waals surface area contributed by atoms with Crippen LogP contribution >= 0.6 is 23.2 Å². The van der Waals surface area contributed by atoms with Crippen LogP contribution in [0.1, 0.15) is 15.9 Å². The number of anilines is 1. The smallest absolute Gasteiger partial charge is 0.337 e. The largest absolute Gasteiger partial charge is 0.476 e. The van der Waals surface area contributed by atoms with E-state index in [-0.39, 0.29) is 16.9 Å². The normalized spacial score (nSPS) is 10.7. The summed E-state index contributed by atoms with van der Waals surface area (Å²) in [5.74, 6) is -1.08. The molecule has 0 saturated heterocycles. The van der Waals surface area contributed by atoms with Gasteiger partial charge in [-0.3, -0.25) is 9.59 Å². The number of hydrogen-bond acceptors (Lipinski definition) is 6. The van der Waals surface area contributed by atoms with Gasteiger partial charge in [-0.15, -0.1) is 0 Å². The maximum atomic E-state index is 13.3. The van der Waals surface area contributed by atoms with Gasteiger partial charge >= 0.3 is 5.97 Å². The summed E-state index contributed by atoms with van der Waals surface area (Å²) in [7, 11) is 1.28. The van der Waals surface area contributed by atoms with E-state index < -0.39 is 23.9 Å². The van der Waals surface area contributed by atoms with Crippen LogP contribution in [0.4, 0.5) is 5.69 Å². The van der Waals surface area contributed by atoms with Crippen molar-refractivity contribution in [1.29, 1.82) is 0 Å². The Balaban J connectivity index is 1.65. The van der Waals surface area contributed by atoms with E-state index in [2.05, 4.69) is 10.1 Å². The van der Waals surface area contributed by atoms with Gasteiger partial charge in [0.05, 0.1) is 23.1 Å². The van der Waals surface area contributed by atoms with E-state index in [0.717, 1.165) is 5.56 Å². The highest BCUT2D eigenvalue weighted by atomic mass is 35.5. The number of carbonyl (C=O) groups is 2. The number of methoxy groups -OCH3 is 1. The minimum absolute atomic E-state index is 0.102. The van der Waals surface area contributed by atoms with Crippen LogP contribution in [0.2, 0.25) is 10.0 Å². The molecule has 0 spiro atoms. The summed E-state index contributed by atoms with van der Waals surface area (Å²) in [4.78, 5) is 37.4. The SMILES string of the molecule is COC(=O)c1ccc(NC(=O)COc2c(-c3ccccc3Cl)oc3cc(C)c(Cl)cc3c2=O)cc1. The minimum Gasteiger partial charge on any atom is -0.476 e. The first-order chi connectivity index (χ1) is 16.8. The highest BCUT2D eigenvalue weighted by Gasteiger charge is 2.21. The molecule has 4 aromatic rings. The predicted molar refractivity (Wildman–Crippen MR) is 135 cm³/mol. The van der Waals surface area contributed by atoms with E-state index in [4.69, 9.17) is 32.4 Å². The molecule has 1 aromatic heterocycles. The summed E-state index contributed by atoms with van der Waals surface area (Å²) in [6.07, 6.45) is 0. The Morgan fingerprint density at radius 1 is 1.00 bits per heavy atom. The van der Waals surface area contributed by atoms with Crippen LogP contribution in [0.5, 0.6) is 5.75 Å². The maximum absolute atomic E-state index is 13.3. The van der Waals surface area contributed by atoms with Gasteiger partial charge < -0.3 is 19.2 Å². The molecular weight excluding hydrogens is 493 g/mol. The molecule has 0 aliphatic rings. The number of benzene rings is 3. The molecular formula is C26H19Cl2NO6. The summed E-state index contributed by atoms with van der Waals surface area (Å²) in [5, 5.41) is 3.60. The van der Waals surface area contributed by atoms with Crippen LogP contribution in [0, 0.1) is 6.92 Å². The highest BCUT2D eigenvalue weighted by molar-refractivity contribution is 6.33. The van der Waals surface area contributed by atoms with Crippen LogP contribution in [-0.4, -0.2) is 25.6 Å². The van der Waals surface area contributed by atoms with Gasteiger partial charge in [0.1, 0.15) is 5.58 Å². The van der Waals surface area contributed by atoms with Gasteiger partial charge in [-0.05, 0) is 61.0 Å². The summed E-state index contributed by atoms with van der Waals surface area (Å²) in [5.41, 5.74) is 1.78. The first-order valence-electron chi connectivity index (χ1n) is 10.4. The lowest BCUT2D eigenvalue weighted by molar-refractivity contribution is -0.118. The molecule has 1 N–H and O–H groups in total. The molecule has 0 aliphatic carbocycles. The van der Waals surface area contributed by atoms with Gasteiger partial charge in [0, 0.05) is 16.3 Å². The Hall–Kier alpha value is -3.81. The van der Waals surface area contributed by atoms with Gasteiger partial charge in [0.25, 0.3) is 5.91 Å². The predicted octanol–water partition coefficient (Wildman–Crippen LogP) is 5.88. The molecule has 1 amide bonds. The van der Waals surface area contributed by atoms with E-state index in [1.807, 2.05) is 0 Å². The van der Waals surface area contributed by atoms with Crippen molar-refractivity contribution < 1.29 is 23.5 Å². The summed E-state index contributed by atoms with van der Waals surface area (Å²) < 4.78 is 16.4. The minimum atomic E-state index is -0.526. The van der Waals surface area contributed by atoms with E-state index in [0.29, 0.717) is 32.4 Å². The first kappa shape index (κ1) is 24.3. The Morgan fingerprint density at radius 3 is 2.40 bits per heavy atom. The molecule has 0 aliphatic heterocycles. The van der Waals surface area contributed by atoms with Gasteiger partial charge in [-0.25, -0.2) is 4.79 Å². The van der Waals surface area contributed by atoms with Gasteiger partial charge in [-0.1, -0.05) is 35.3 Å². The van der Waals surface area contributed by atoms with Crippen molar-refractivity contribution in [2.24, 2.45) is 0 Å². The molecule has 9 heteroatoms. The van der Waals surface area contributed by atoms with E-state index in [1.54, 1.807) is 49.4 Å². The second-order valence-electron chi connectivity index (χ2n) is 7.57. The fraction of sp³-hybridized carbons (Fsp3) is 0.115. The van der Waals surface area contributed by atoms with E-state index in [9.17, 15) is 14.4 Å². The first-order valence-corrected chi connectivity index (χ1v) is 11.2. The Morgan fingerprint density at radius 2 is 1.71 bits per heavy atom. The second kappa shape index (κ2) is 10.2. The van der Waals surface area contributed by atoms with Crippen LogP contribution in [0.3, 0.4) is 0 Å². The Kier molecular flexibility index (Phi) is 7.10. The van der Waals surface area contributed by atoms with Gasteiger partial charge in [-0.2, -0.15) is 0 Å². The average molecular weight is 512 g/mol. The quantitative estimate of drug-likeness (QED) is 0.325. The molecule has 178 valence electrons. The van der Waals surface area contributed by atoms with Crippen LogP contribution < -0.4 is 15.5 Å². The van der Waals surface area contributed by atoms with Gasteiger partial charge in [0.15, 0.2) is 12.4 Å². The Bertz CT molecular complexity index is 1490. The number of amides is 1. The van der Waals surface area contributed by atoms with Crippen LogP contribution in [0.15, 0.2) is 69.9 Å². The molecule has 0 saturated carbocycles. The third-order valence-corrected chi connectivity index (χ3v) is 5.92. The second-order valence-corrected chi connectivity index (χ2v) is 8.39. The molecule has 0 radical (unpaired) electrons. The van der Waals surface area contributed by atoms with E-state index >= 15 is 0 Å². The number of nitrogens with one attached hydrogen (secondary N) is 1. The fourth-order valence-corrected chi connectivity index (χ4v) is 3.78. The average Bonchev–Trinajstić information content (AvgIpc) is 2.85. The Labute approximate surface area is 210 Å². The standard InChI is InChI=1S/C26H19Cl2NO6/c1-14-11-21-18(12-20(14)28)23(31)25(24(35-21)17-5-3-4-6-19(17)27)34-13-22(30)29-16-9-7-15(8-10-16)26(32)33-2/h3-12H,13H2,1-2H3,(H,29,30). The third-order valence-electron chi connectivity index (χ3n) is 5.19.